The molecule has 1 aromatic rings. The number of likely N-dealkylation sites (tertiary alicyclic amines) is 1. The Morgan fingerprint density at radius 1 is 1.42 bits per heavy atom. The third kappa shape index (κ3) is 3.00. The Morgan fingerprint density at radius 2 is 2.16 bits per heavy atom. The average Bonchev–Trinajstić information content (AvgIpc) is 2.63. The van der Waals surface area contributed by atoms with E-state index >= 15 is 0 Å². The fourth-order valence-electron chi connectivity index (χ4n) is 3.50. The number of piperidine rings is 1. The number of hydrogen-bond donors (Lipinski definition) is 1. The topological polar surface area (TPSA) is 47.1 Å². The van der Waals surface area contributed by atoms with Crippen molar-refractivity contribution in [1.29, 1.82) is 0 Å². The van der Waals surface area contributed by atoms with Gasteiger partial charge in [-0.05, 0) is 59.0 Å². The van der Waals surface area contributed by atoms with E-state index < -0.39 is 0 Å². The first-order valence-electron chi connectivity index (χ1n) is 7.48. The lowest BCUT2D eigenvalue weighted by molar-refractivity contribution is 0.127. The summed E-state index contributed by atoms with van der Waals surface area (Å²) in [6.45, 7) is 9.83. The van der Waals surface area contributed by atoms with Crippen molar-refractivity contribution in [2.45, 2.75) is 46.1 Å². The second kappa shape index (κ2) is 6.06. The maximum absolute atomic E-state index is 5.71. The molecule has 1 aliphatic heterocycles. The van der Waals surface area contributed by atoms with Crippen LogP contribution < -0.4 is 5.73 Å². The van der Waals surface area contributed by atoms with Gasteiger partial charge in [0.2, 0.25) is 0 Å². The van der Waals surface area contributed by atoms with Gasteiger partial charge in [-0.3, -0.25) is 9.58 Å². The molecule has 2 N–H and O–H groups in total. The highest BCUT2D eigenvalue weighted by atomic mass is 15.3. The van der Waals surface area contributed by atoms with Crippen LogP contribution in [0.5, 0.6) is 0 Å². The van der Waals surface area contributed by atoms with E-state index in [4.69, 9.17) is 5.73 Å². The van der Waals surface area contributed by atoms with Crippen molar-refractivity contribution >= 4 is 0 Å². The molecule has 4 heteroatoms. The fraction of sp³-hybridized carbons (Fsp3) is 0.800. The molecule has 4 nitrogen and oxygen atoms in total. The van der Waals surface area contributed by atoms with Crippen LogP contribution in [0.25, 0.3) is 0 Å². The van der Waals surface area contributed by atoms with Crippen molar-refractivity contribution in [3.8, 4) is 0 Å². The van der Waals surface area contributed by atoms with Crippen LogP contribution in [0.4, 0.5) is 0 Å². The molecular weight excluding hydrogens is 236 g/mol. The van der Waals surface area contributed by atoms with E-state index in [2.05, 4.69) is 30.8 Å². The molecule has 2 atom stereocenters. The van der Waals surface area contributed by atoms with Gasteiger partial charge in [0.05, 0.1) is 5.69 Å². The lowest BCUT2D eigenvalue weighted by Crippen LogP contribution is -2.38. The largest absolute Gasteiger partial charge is 0.330 e. The Kier molecular flexibility index (Phi) is 4.63. The van der Waals surface area contributed by atoms with Gasteiger partial charge in [0, 0.05) is 30.9 Å². The average molecular weight is 264 g/mol. The summed E-state index contributed by atoms with van der Waals surface area (Å²) < 4.78 is 2.00. The zero-order chi connectivity index (χ0) is 14.0. The minimum atomic E-state index is 0.467. The Labute approximate surface area is 117 Å². The first-order chi connectivity index (χ1) is 9.04. The van der Waals surface area contributed by atoms with Crippen LogP contribution in [-0.2, 0) is 7.05 Å². The van der Waals surface area contributed by atoms with Crippen LogP contribution in [0.3, 0.4) is 0 Å². The molecule has 2 heterocycles. The molecule has 0 bridgehead atoms. The molecular formula is C15H28N4. The Bertz CT molecular complexity index is 422. The maximum atomic E-state index is 5.71. The zero-order valence-electron chi connectivity index (χ0n) is 12.8. The van der Waals surface area contributed by atoms with Crippen molar-refractivity contribution in [2.24, 2.45) is 18.7 Å². The molecule has 0 aliphatic carbocycles. The van der Waals surface area contributed by atoms with Crippen LogP contribution in [0, 0.1) is 19.8 Å². The zero-order valence-corrected chi connectivity index (χ0v) is 12.8. The molecule has 2 rings (SSSR count). The van der Waals surface area contributed by atoms with Gasteiger partial charge in [-0.25, -0.2) is 0 Å². The van der Waals surface area contributed by atoms with Gasteiger partial charge in [0.1, 0.15) is 0 Å². The third-order valence-electron chi connectivity index (χ3n) is 4.66. The highest BCUT2D eigenvalue weighted by Crippen LogP contribution is 2.30. The van der Waals surface area contributed by atoms with Gasteiger partial charge in [0.25, 0.3) is 0 Å². The first kappa shape index (κ1) is 14.5. The second-order valence-corrected chi connectivity index (χ2v) is 5.96. The van der Waals surface area contributed by atoms with Gasteiger partial charge in [0.15, 0.2) is 0 Å². The quantitative estimate of drug-likeness (QED) is 0.906. The van der Waals surface area contributed by atoms with Crippen molar-refractivity contribution < 1.29 is 0 Å². The van der Waals surface area contributed by atoms with E-state index in [1.54, 1.807) is 0 Å². The molecule has 0 radical (unpaired) electrons. The normalized spacial score (nSPS) is 22.7. The Morgan fingerprint density at radius 3 is 2.74 bits per heavy atom. The van der Waals surface area contributed by atoms with E-state index in [-0.39, 0.29) is 0 Å². The molecule has 1 aromatic heterocycles. The number of nitrogens with two attached hydrogens (primary N) is 1. The predicted octanol–water partition coefficient (Wildman–Crippen LogP) is 2.16. The summed E-state index contributed by atoms with van der Waals surface area (Å²) in [7, 11) is 2.03. The van der Waals surface area contributed by atoms with E-state index in [1.807, 2.05) is 11.7 Å². The molecule has 0 saturated carbocycles. The lowest BCUT2D eigenvalue weighted by atomic mass is 9.92. The van der Waals surface area contributed by atoms with Crippen molar-refractivity contribution in [3.05, 3.63) is 17.0 Å². The van der Waals surface area contributed by atoms with Gasteiger partial charge in [-0.1, -0.05) is 0 Å². The molecule has 108 valence electrons. The van der Waals surface area contributed by atoms with E-state index in [1.165, 1.54) is 42.9 Å². The number of aromatic nitrogens is 2. The van der Waals surface area contributed by atoms with Gasteiger partial charge in [-0.2, -0.15) is 5.10 Å². The highest BCUT2D eigenvalue weighted by Gasteiger charge is 2.27. The number of hydrogen-bond acceptors (Lipinski definition) is 3. The SMILES string of the molecule is Cc1nn(C)c(C)c1C(C)N1CCCC(CCN)C1. The van der Waals surface area contributed by atoms with Crippen LogP contribution in [0.1, 0.15) is 49.2 Å². The monoisotopic (exact) mass is 264 g/mol. The highest BCUT2D eigenvalue weighted by molar-refractivity contribution is 5.27. The molecule has 0 aromatic carbocycles. The predicted molar refractivity (Wildman–Crippen MR) is 79.1 cm³/mol. The molecule has 0 amide bonds. The summed E-state index contributed by atoms with van der Waals surface area (Å²) in [6, 6.07) is 0.467. The van der Waals surface area contributed by atoms with Gasteiger partial charge >= 0.3 is 0 Å². The van der Waals surface area contributed by atoms with E-state index in [0.29, 0.717) is 6.04 Å². The van der Waals surface area contributed by atoms with Gasteiger partial charge < -0.3 is 5.73 Å². The van der Waals surface area contributed by atoms with Crippen molar-refractivity contribution in [3.63, 3.8) is 0 Å². The maximum Gasteiger partial charge on any atom is 0.0644 e. The van der Waals surface area contributed by atoms with Crippen LogP contribution in [-0.4, -0.2) is 34.3 Å². The molecule has 1 aliphatic rings. The molecule has 19 heavy (non-hydrogen) atoms. The molecule has 1 fully saturated rings. The third-order valence-corrected chi connectivity index (χ3v) is 4.66. The van der Waals surface area contributed by atoms with Crippen LogP contribution in [0.2, 0.25) is 0 Å². The summed E-state index contributed by atoms with van der Waals surface area (Å²) in [6.07, 6.45) is 3.80. The Balaban J connectivity index is 2.12. The summed E-state index contributed by atoms with van der Waals surface area (Å²) in [5.41, 5.74) is 9.60. The van der Waals surface area contributed by atoms with Crippen molar-refractivity contribution in [2.75, 3.05) is 19.6 Å². The summed E-state index contributed by atoms with van der Waals surface area (Å²) in [4.78, 5) is 2.61. The van der Waals surface area contributed by atoms with Crippen LogP contribution in [0.15, 0.2) is 0 Å². The van der Waals surface area contributed by atoms with Crippen molar-refractivity contribution in [1.82, 2.24) is 14.7 Å². The number of aryl methyl sites for hydroxylation is 2. The molecule has 1 saturated heterocycles. The smallest absolute Gasteiger partial charge is 0.0644 e. The number of nitrogens with zero attached hydrogens (tertiary/aromatic N) is 3. The summed E-state index contributed by atoms with van der Waals surface area (Å²) >= 11 is 0. The summed E-state index contributed by atoms with van der Waals surface area (Å²) in [5.74, 6) is 0.776. The Hall–Kier alpha value is -0.870. The minimum absolute atomic E-state index is 0.467. The van der Waals surface area contributed by atoms with Crippen LogP contribution >= 0.6 is 0 Å². The lowest BCUT2D eigenvalue weighted by Gasteiger charge is -2.37. The van der Waals surface area contributed by atoms with E-state index in [0.717, 1.165) is 18.9 Å². The second-order valence-electron chi connectivity index (χ2n) is 5.96. The van der Waals surface area contributed by atoms with Gasteiger partial charge in [-0.15, -0.1) is 0 Å². The number of rotatable bonds is 4. The molecule has 0 spiro atoms. The fourth-order valence-corrected chi connectivity index (χ4v) is 3.50. The summed E-state index contributed by atoms with van der Waals surface area (Å²) in [5, 5.41) is 4.55. The minimum Gasteiger partial charge on any atom is -0.330 e. The van der Waals surface area contributed by atoms with E-state index in [9.17, 15) is 0 Å². The molecule has 2 unspecified atom stereocenters. The first-order valence-corrected chi connectivity index (χ1v) is 7.48. The standard InChI is InChI=1S/C15H28N4/c1-11-15(12(2)18(4)17-11)13(3)19-9-5-6-14(10-19)7-8-16/h13-14H,5-10,16H2,1-4H3.